The number of rotatable bonds is 3. The van der Waals surface area contributed by atoms with E-state index in [-0.39, 0.29) is 6.73 Å². The minimum absolute atomic E-state index is 0.250. The molecule has 0 amide bonds. The van der Waals surface area contributed by atoms with Gasteiger partial charge in [0.1, 0.15) is 0 Å². The number of nitrogens with zero attached hydrogens (tertiary/aromatic N) is 1. The van der Waals surface area contributed by atoms with Crippen molar-refractivity contribution in [3.63, 3.8) is 0 Å². The third-order valence-electron chi connectivity index (χ3n) is 1.77. The first-order chi connectivity index (χ1) is 5.85. The molecule has 0 saturated carbocycles. The maximum atomic E-state index is 8.49. The summed E-state index contributed by atoms with van der Waals surface area (Å²) in [5.74, 6) is 0. The molecule has 1 aliphatic rings. The summed E-state index contributed by atoms with van der Waals surface area (Å²) in [7, 11) is 8.89. The van der Waals surface area contributed by atoms with E-state index in [1.165, 1.54) is 12.8 Å². The van der Waals surface area contributed by atoms with Crippen molar-refractivity contribution in [3.05, 3.63) is 0 Å². The Morgan fingerprint density at radius 2 is 2.00 bits per heavy atom. The maximum absolute atomic E-state index is 8.49. The minimum Gasteiger partial charge on any atom is -0.381 e. The van der Waals surface area contributed by atoms with Gasteiger partial charge in [-0.2, -0.15) is 0 Å². The lowest BCUT2D eigenvalue weighted by Gasteiger charge is -2.07. The van der Waals surface area contributed by atoms with E-state index in [1.54, 1.807) is 0 Å². The van der Waals surface area contributed by atoms with Crippen molar-refractivity contribution in [2.24, 2.45) is 0 Å². The van der Waals surface area contributed by atoms with Gasteiger partial charge in [0.05, 0.1) is 28.9 Å². The Hall–Kier alpha value is 0.115. The molecule has 5 heteroatoms. The van der Waals surface area contributed by atoms with Crippen LogP contribution >= 0.6 is 0 Å². The first kappa shape index (κ1) is 12.1. The number of aliphatic hydroxyl groups excluding tert-OH is 1. The van der Waals surface area contributed by atoms with Gasteiger partial charge in [-0.15, -0.1) is 6.22 Å². The highest BCUT2D eigenvalue weighted by Crippen LogP contribution is 2.04. The molecule has 1 fully saturated rings. The average Bonchev–Trinajstić information content (AvgIpc) is 2.58. The van der Waals surface area contributed by atoms with Gasteiger partial charge in [0, 0.05) is 13.1 Å². The minimum atomic E-state index is 0.250. The number of hydrogen-bond acceptors (Lipinski definition) is 2. The summed E-state index contributed by atoms with van der Waals surface area (Å²) in [6, 6.07) is 0. The molecule has 1 heterocycles. The van der Waals surface area contributed by atoms with Crippen LogP contribution in [-0.2, 0) is 0 Å². The molecule has 0 bridgehead atoms. The van der Waals surface area contributed by atoms with Gasteiger partial charge in [-0.3, -0.25) is 4.90 Å². The monoisotopic (exact) mass is 163 g/mol. The zero-order valence-electron chi connectivity index (χ0n) is 7.87. The molecule has 0 aliphatic carbocycles. The summed E-state index contributed by atoms with van der Waals surface area (Å²) in [4.78, 5) is 2.04. The third kappa shape index (κ3) is 6.80. The van der Waals surface area contributed by atoms with E-state index in [1.807, 2.05) is 26.1 Å². The fraction of sp³-hybridized carbons (Fsp3) is 1.00. The van der Waals surface area contributed by atoms with Crippen LogP contribution in [0.4, 0.5) is 0 Å². The molecule has 0 aromatic heterocycles. The van der Waals surface area contributed by atoms with Crippen LogP contribution in [0.2, 0.25) is 13.0 Å². The average molecular weight is 163 g/mol. The fourth-order valence-electron chi connectivity index (χ4n) is 1.06. The molecule has 1 N–H and O–H groups in total. The van der Waals surface area contributed by atoms with E-state index in [0.29, 0.717) is 6.22 Å². The Bertz CT molecular complexity index is 86.7. The van der Waals surface area contributed by atoms with E-state index in [0.717, 1.165) is 13.1 Å². The van der Waals surface area contributed by atoms with Gasteiger partial charge in [0.2, 0.25) is 0 Å². The van der Waals surface area contributed by atoms with E-state index < -0.39 is 0 Å². The van der Waals surface area contributed by atoms with Gasteiger partial charge in [-0.1, -0.05) is 6.82 Å². The number of aliphatic hydroxyl groups is 1. The zero-order chi connectivity index (χ0) is 9.23. The predicted octanol–water partition coefficient (Wildman–Crippen LogP) is -0.0658. The predicted molar refractivity (Wildman–Crippen MR) is 55.8 cm³/mol. The summed E-state index contributed by atoms with van der Waals surface area (Å²) in [5.41, 5.74) is 0. The van der Waals surface area contributed by atoms with Crippen LogP contribution in [-0.4, -0.2) is 52.0 Å². The molecule has 0 aromatic rings. The second-order valence-corrected chi connectivity index (χ2v) is 2.77. The van der Waals surface area contributed by atoms with Crippen molar-refractivity contribution >= 4 is 22.2 Å². The van der Waals surface area contributed by atoms with Crippen LogP contribution < -0.4 is 0 Å². The van der Waals surface area contributed by atoms with E-state index in [2.05, 4.69) is 0 Å². The summed E-state index contributed by atoms with van der Waals surface area (Å²) in [6.45, 7) is 4.39. The fourth-order valence-corrected chi connectivity index (χ4v) is 1.06. The standard InChI is InChI=1S/C5H11NO.C2H5B3/c7-5-6-3-1-2-4-6;1-4-5-2-3/h7H,1-5H2;2H2,1H3. The first-order valence-corrected chi connectivity index (χ1v) is 4.49. The molecule has 1 saturated heterocycles. The van der Waals surface area contributed by atoms with Crippen molar-refractivity contribution in [2.45, 2.75) is 25.9 Å². The molecule has 12 heavy (non-hydrogen) atoms. The Kier molecular flexibility index (Phi) is 9.29. The van der Waals surface area contributed by atoms with Crippen molar-refractivity contribution in [1.29, 1.82) is 0 Å². The third-order valence-corrected chi connectivity index (χ3v) is 1.77. The molecule has 1 rings (SSSR count). The molecule has 4 radical (unpaired) electrons. The van der Waals surface area contributed by atoms with E-state index in [4.69, 9.17) is 13.0 Å². The van der Waals surface area contributed by atoms with Gasteiger partial charge in [-0.25, -0.2) is 0 Å². The molecule has 64 valence electrons. The molecule has 2 nitrogen and oxygen atoms in total. The Balaban J connectivity index is 0.000000217. The van der Waals surface area contributed by atoms with Crippen LogP contribution in [0.5, 0.6) is 0 Å². The molecular weight excluding hydrogens is 147 g/mol. The Labute approximate surface area is 78.6 Å². The Morgan fingerprint density at radius 1 is 1.42 bits per heavy atom. The lowest BCUT2D eigenvalue weighted by molar-refractivity contribution is 0.132. The van der Waals surface area contributed by atoms with Crippen molar-refractivity contribution in [2.75, 3.05) is 19.8 Å². The summed E-state index contributed by atoms with van der Waals surface area (Å²) in [6.07, 6.45) is 3.19. The van der Waals surface area contributed by atoms with Gasteiger partial charge < -0.3 is 5.11 Å². The van der Waals surface area contributed by atoms with Gasteiger partial charge in [-0.05, 0) is 12.8 Å². The van der Waals surface area contributed by atoms with Gasteiger partial charge in [0.25, 0.3) is 0 Å². The normalized spacial score (nSPS) is 16.5. The SMILES string of the molecule is OCN1CCCC1.[B]C[B][B]C. The highest BCUT2D eigenvalue weighted by molar-refractivity contribution is 7.01. The van der Waals surface area contributed by atoms with E-state index >= 15 is 0 Å². The van der Waals surface area contributed by atoms with E-state index in [9.17, 15) is 0 Å². The highest BCUT2D eigenvalue weighted by atomic mass is 16.3. The molecule has 1 aliphatic heterocycles. The largest absolute Gasteiger partial charge is 0.381 e. The zero-order valence-corrected chi connectivity index (χ0v) is 7.87. The molecule has 0 atom stereocenters. The topological polar surface area (TPSA) is 23.5 Å². The lowest BCUT2D eigenvalue weighted by atomic mass is 9.37. The first-order valence-electron chi connectivity index (χ1n) is 4.49. The lowest BCUT2D eigenvalue weighted by Crippen LogP contribution is -2.19. The highest BCUT2D eigenvalue weighted by Gasteiger charge is 2.07. The van der Waals surface area contributed by atoms with Crippen molar-refractivity contribution < 1.29 is 5.11 Å². The van der Waals surface area contributed by atoms with Crippen LogP contribution in [0, 0.1) is 0 Å². The maximum Gasteiger partial charge on any atom is 0.0956 e. The summed E-state index contributed by atoms with van der Waals surface area (Å²) >= 11 is 0. The second-order valence-electron chi connectivity index (χ2n) is 2.77. The quantitative estimate of drug-likeness (QED) is 0.588. The van der Waals surface area contributed by atoms with Crippen molar-refractivity contribution in [3.8, 4) is 0 Å². The second kappa shape index (κ2) is 9.20. The van der Waals surface area contributed by atoms with Gasteiger partial charge in [0.15, 0.2) is 0 Å². The smallest absolute Gasteiger partial charge is 0.0956 e. The molecule has 0 spiro atoms. The van der Waals surface area contributed by atoms with Crippen LogP contribution in [0.3, 0.4) is 0 Å². The van der Waals surface area contributed by atoms with Crippen LogP contribution in [0.15, 0.2) is 0 Å². The number of likely N-dealkylation sites (tertiary alicyclic amines) is 1. The Morgan fingerprint density at radius 3 is 2.17 bits per heavy atom. The van der Waals surface area contributed by atoms with Crippen LogP contribution in [0.25, 0.3) is 0 Å². The number of hydrogen-bond donors (Lipinski definition) is 1. The summed E-state index contributed by atoms with van der Waals surface area (Å²) in [5, 5.41) is 8.49. The van der Waals surface area contributed by atoms with Gasteiger partial charge >= 0.3 is 0 Å². The molecule has 0 aromatic carbocycles. The molecule has 0 unspecified atom stereocenters. The van der Waals surface area contributed by atoms with Crippen molar-refractivity contribution in [1.82, 2.24) is 4.90 Å². The molecular formula is C7H16B3NO. The van der Waals surface area contributed by atoms with Crippen LogP contribution in [0.1, 0.15) is 12.8 Å². The summed E-state index contributed by atoms with van der Waals surface area (Å²) < 4.78 is 0.